The largest absolute Gasteiger partial charge is 0.382 e. The highest BCUT2D eigenvalue weighted by molar-refractivity contribution is 5.86. The van der Waals surface area contributed by atoms with Crippen LogP contribution in [-0.2, 0) is 5.60 Å². The highest BCUT2D eigenvalue weighted by Crippen LogP contribution is 2.23. The van der Waals surface area contributed by atoms with Crippen LogP contribution in [0.25, 0.3) is 22.3 Å². The molecule has 0 bridgehead atoms. The first kappa shape index (κ1) is 18.5. The van der Waals surface area contributed by atoms with Crippen LogP contribution in [0.2, 0.25) is 0 Å². The van der Waals surface area contributed by atoms with Gasteiger partial charge in [-0.2, -0.15) is 0 Å². The third-order valence-corrected chi connectivity index (χ3v) is 4.29. The number of pyridine rings is 1. The fourth-order valence-electron chi connectivity index (χ4n) is 2.87. The number of benzene rings is 1. The van der Waals surface area contributed by atoms with Gasteiger partial charge in [-0.15, -0.1) is 0 Å². The van der Waals surface area contributed by atoms with Crippen LogP contribution in [-0.4, -0.2) is 30.0 Å². The van der Waals surface area contributed by atoms with E-state index in [4.69, 9.17) is 5.73 Å². The summed E-state index contributed by atoms with van der Waals surface area (Å²) in [5.74, 6) is 7.04. The molecule has 3 N–H and O–H groups in total. The van der Waals surface area contributed by atoms with E-state index >= 15 is 0 Å². The van der Waals surface area contributed by atoms with Gasteiger partial charge in [0.15, 0.2) is 17.2 Å². The molecule has 0 radical (unpaired) electrons. The Morgan fingerprint density at radius 3 is 2.59 bits per heavy atom. The molecule has 0 aliphatic carbocycles. The minimum absolute atomic E-state index is 0.255. The first-order valence-corrected chi connectivity index (χ1v) is 8.97. The number of aliphatic hydroxyl groups is 1. The van der Waals surface area contributed by atoms with E-state index < -0.39 is 5.60 Å². The number of rotatable bonds is 2. The molecule has 1 aromatic carbocycles. The molecule has 1 atom stereocenters. The van der Waals surface area contributed by atoms with Gasteiger partial charge in [0.25, 0.3) is 0 Å². The smallest absolute Gasteiger partial charge is 0.182 e. The van der Waals surface area contributed by atoms with E-state index in [-0.39, 0.29) is 5.82 Å². The number of aryl methyl sites for hydroxylation is 1. The fraction of sp³-hybridized carbons (Fsp3) is 0.136. The quantitative estimate of drug-likeness (QED) is 0.513. The van der Waals surface area contributed by atoms with Gasteiger partial charge in [-0.25, -0.2) is 24.9 Å². The number of nitrogens with zero attached hydrogens (tertiary/aromatic N) is 5. The average molecular weight is 382 g/mol. The van der Waals surface area contributed by atoms with Gasteiger partial charge in [-0.1, -0.05) is 24.0 Å². The van der Waals surface area contributed by atoms with Crippen molar-refractivity contribution in [1.29, 1.82) is 0 Å². The summed E-state index contributed by atoms with van der Waals surface area (Å²) in [5, 5.41) is 10.6. The van der Waals surface area contributed by atoms with E-state index in [0.29, 0.717) is 22.7 Å². The molecule has 0 fully saturated rings. The topological polar surface area (TPSA) is 111 Å². The zero-order valence-electron chi connectivity index (χ0n) is 16.0. The fourth-order valence-corrected chi connectivity index (χ4v) is 2.87. The van der Waals surface area contributed by atoms with Gasteiger partial charge >= 0.3 is 0 Å². The van der Waals surface area contributed by atoms with Crippen molar-refractivity contribution in [3.05, 3.63) is 72.1 Å². The Kier molecular flexibility index (Phi) is 4.63. The van der Waals surface area contributed by atoms with E-state index in [2.05, 4.69) is 36.8 Å². The van der Waals surface area contributed by atoms with Crippen molar-refractivity contribution in [3.8, 4) is 23.1 Å². The third kappa shape index (κ3) is 3.88. The highest BCUT2D eigenvalue weighted by Gasteiger charge is 2.23. The van der Waals surface area contributed by atoms with Crippen LogP contribution in [0.1, 0.15) is 24.1 Å². The van der Waals surface area contributed by atoms with Gasteiger partial charge in [0.2, 0.25) is 0 Å². The number of hydrogen-bond acceptors (Lipinski definition) is 7. The lowest BCUT2D eigenvalue weighted by molar-refractivity contribution is 0.112. The SMILES string of the molecule is Cc1nc(N)c2nc(-c3cccc(C#CC(C)(O)c4ncccn4)c3)ccc2n1. The molecule has 7 nitrogen and oxygen atoms in total. The first-order chi connectivity index (χ1) is 13.9. The monoisotopic (exact) mass is 382 g/mol. The molecule has 7 heteroatoms. The van der Waals surface area contributed by atoms with Gasteiger partial charge < -0.3 is 10.8 Å². The molecule has 3 aromatic heterocycles. The van der Waals surface area contributed by atoms with Crippen molar-refractivity contribution in [1.82, 2.24) is 24.9 Å². The second-order valence-electron chi connectivity index (χ2n) is 6.70. The summed E-state index contributed by atoms with van der Waals surface area (Å²) < 4.78 is 0. The number of fused-ring (bicyclic) bond motifs is 1. The van der Waals surface area contributed by atoms with E-state index in [1.807, 2.05) is 36.4 Å². The van der Waals surface area contributed by atoms with Crippen LogP contribution in [0.3, 0.4) is 0 Å². The predicted molar refractivity (Wildman–Crippen MR) is 110 cm³/mol. The van der Waals surface area contributed by atoms with Crippen molar-refractivity contribution >= 4 is 16.9 Å². The minimum atomic E-state index is -1.46. The molecule has 0 saturated heterocycles. The number of aromatic nitrogens is 5. The second-order valence-corrected chi connectivity index (χ2v) is 6.70. The molecular weight excluding hydrogens is 364 g/mol. The lowest BCUT2D eigenvalue weighted by atomic mass is 10.0. The Bertz CT molecular complexity index is 1260. The second kappa shape index (κ2) is 7.26. The lowest BCUT2D eigenvalue weighted by Gasteiger charge is -2.13. The summed E-state index contributed by atoms with van der Waals surface area (Å²) in [4.78, 5) is 21.3. The van der Waals surface area contributed by atoms with Gasteiger partial charge in [-0.05, 0) is 44.2 Å². The molecule has 4 aromatic rings. The Balaban J connectivity index is 1.69. The summed E-state index contributed by atoms with van der Waals surface area (Å²) in [6.45, 7) is 3.36. The van der Waals surface area contributed by atoms with E-state index in [9.17, 15) is 5.11 Å². The Labute approximate surface area is 167 Å². The minimum Gasteiger partial charge on any atom is -0.382 e. The van der Waals surface area contributed by atoms with Crippen molar-refractivity contribution in [2.24, 2.45) is 0 Å². The van der Waals surface area contributed by atoms with E-state index in [1.165, 1.54) is 0 Å². The molecule has 1 unspecified atom stereocenters. The molecule has 0 aliphatic rings. The molecule has 4 rings (SSSR count). The number of anilines is 1. The third-order valence-electron chi connectivity index (χ3n) is 4.29. The molecule has 142 valence electrons. The molecule has 0 amide bonds. The molecule has 3 heterocycles. The zero-order chi connectivity index (χ0) is 20.4. The zero-order valence-corrected chi connectivity index (χ0v) is 16.0. The normalized spacial score (nSPS) is 12.8. The van der Waals surface area contributed by atoms with Crippen LogP contribution in [0.4, 0.5) is 5.82 Å². The summed E-state index contributed by atoms with van der Waals surface area (Å²) in [5.41, 5.74) is 8.15. The van der Waals surface area contributed by atoms with Crippen molar-refractivity contribution in [2.45, 2.75) is 19.4 Å². The number of nitrogens with two attached hydrogens (primary N) is 1. The predicted octanol–water partition coefficient (Wildman–Crippen LogP) is 2.63. The molecular formula is C22H18N6O. The summed E-state index contributed by atoms with van der Waals surface area (Å²) in [6, 6.07) is 13.0. The lowest BCUT2D eigenvalue weighted by Crippen LogP contribution is -2.21. The average Bonchev–Trinajstić information content (AvgIpc) is 2.73. The molecule has 0 aliphatic heterocycles. The Morgan fingerprint density at radius 2 is 1.79 bits per heavy atom. The number of nitrogen functional groups attached to an aromatic ring is 1. The van der Waals surface area contributed by atoms with Crippen LogP contribution in [0.5, 0.6) is 0 Å². The Morgan fingerprint density at radius 1 is 1.00 bits per heavy atom. The van der Waals surface area contributed by atoms with Crippen LogP contribution >= 0.6 is 0 Å². The van der Waals surface area contributed by atoms with Crippen molar-refractivity contribution in [3.63, 3.8) is 0 Å². The van der Waals surface area contributed by atoms with Crippen molar-refractivity contribution in [2.75, 3.05) is 5.73 Å². The van der Waals surface area contributed by atoms with Crippen molar-refractivity contribution < 1.29 is 5.11 Å². The molecule has 0 saturated carbocycles. The maximum atomic E-state index is 10.6. The van der Waals surface area contributed by atoms with Crippen LogP contribution < -0.4 is 5.73 Å². The summed E-state index contributed by atoms with van der Waals surface area (Å²) in [6.07, 6.45) is 3.14. The van der Waals surface area contributed by atoms with Gasteiger partial charge in [0.1, 0.15) is 11.3 Å². The van der Waals surface area contributed by atoms with Gasteiger partial charge in [-0.3, -0.25) is 0 Å². The van der Waals surface area contributed by atoms with Gasteiger partial charge in [0.05, 0.1) is 11.2 Å². The van der Waals surface area contributed by atoms with Gasteiger partial charge in [0, 0.05) is 23.5 Å². The van der Waals surface area contributed by atoms with E-state index in [1.54, 1.807) is 32.3 Å². The molecule has 0 spiro atoms. The maximum absolute atomic E-state index is 10.6. The van der Waals surface area contributed by atoms with Crippen LogP contribution in [0.15, 0.2) is 54.9 Å². The van der Waals surface area contributed by atoms with E-state index in [0.717, 1.165) is 16.8 Å². The number of hydrogen-bond donors (Lipinski definition) is 2. The summed E-state index contributed by atoms with van der Waals surface area (Å²) >= 11 is 0. The maximum Gasteiger partial charge on any atom is 0.182 e. The van der Waals surface area contributed by atoms with Crippen LogP contribution in [0, 0.1) is 18.8 Å². The molecule has 29 heavy (non-hydrogen) atoms. The first-order valence-electron chi connectivity index (χ1n) is 8.97. The standard InChI is InChI=1S/C22H18N6O/c1-14-26-18-8-7-17(28-19(18)20(23)27-14)16-6-3-5-15(13-16)9-10-22(2,29)21-24-11-4-12-25-21/h3-8,11-13,29H,1-2H3,(H2,23,26,27). The highest BCUT2D eigenvalue weighted by atomic mass is 16.3. The summed E-state index contributed by atoms with van der Waals surface area (Å²) in [7, 11) is 0. The Hall–Kier alpha value is -3.89.